The van der Waals surface area contributed by atoms with E-state index in [0.717, 1.165) is 24.5 Å². The standard InChI is InChI=1S/C20H19NO5/c22-20(15-2-1-3-17-19(15)24-9-8-23-17)21-7-6-14(11-21)13-4-5-16-18(10-13)26-12-25-16/h1-5,10,14H,6-9,11-12H2. The average Bonchev–Trinajstić information content (AvgIpc) is 3.35. The fraction of sp³-hybridized carbons (Fsp3) is 0.350. The molecule has 0 radical (unpaired) electrons. The van der Waals surface area contributed by atoms with Crippen LogP contribution in [0.4, 0.5) is 0 Å². The van der Waals surface area contributed by atoms with Crippen molar-refractivity contribution >= 4 is 5.91 Å². The maximum absolute atomic E-state index is 13.0. The molecular weight excluding hydrogens is 334 g/mol. The molecule has 6 nitrogen and oxygen atoms in total. The van der Waals surface area contributed by atoms with Crippen LogP contribution in [0.3, 0.4) is 0 Å². The maximum Gasteiger partial charge on any atom is 0.257 e. The van der Waals surface area contributed by atoms with E-state index in [1.165, 1.54) is 5.56 Å². The van der Waals surface area contributed by atoms with Gasteiger partial charge in [-0.2, -0.15) is 0 Å². The van der Waals surface area contributed by atoms with E-state index in [4.69, 9.17) is 18.9 Å². The molecule has 1 atom stereocenters. The van der Waals surface area contributed by atoms with Gasteiger partial charge in [0.05, 0.1) is 5.56 Å². The Labute approximate surface area is 151 Å². The maximum atomic E-state index is 13.0. The molecule has 2 aromatic rings. The molecule has 1 unspecified atom stereocenters. The Morgan fingerprint density at radius 3 is 2.81 bits per heavy atom. The van der Waals surface area contributed by atoms with Crippen LogP contribution in [0.5, 0.6) is 23.0 Å². The average molecular weight is 353 g/mol. The summed E-state index contributed by atoms with van der Waals surface area (Å²) in [6.07, 6.45) is 0.928. The number of benzene rings is 2. The predicted octanol–water partition coefficient (Wildman–Crippen LogP) is 2.82. The summed E-state index contributed by atoms with van der Waals surface area (Å²) in [6.45, 7) is 2.67. The summed E-state index contributed by atoms with van der Waals surface area (Å²) in [5.74, 6) is 3.08. The minimum atomic E-state index is -0.00408. The van der Waals surface area contributed by atoms with E-state index < -0.39 is 0 Å². The quantitative estimate of drug-likeness (QED) is 0.831. The van der Waals surface area contributed by atoms with Crippen molar-refractivity contribution in [2.45, 2.75) is 12.3 Å². The third-order valence-corrected chi connectivity index (χ3v) is 5.14. The second-order valence-corrected chi connectivity index (χ2v) is 6.68. The SMILES string of the molecule is O=C(c1cccc2c1OCCO2)N1CCC(c2ccc3c(c2)OCO3)C1. The number of likely N-dealkylation sites (tertiary alicyclic amines) is 1. The van der Waals surface area contributed by atoms with Crippen molar-refractivity contribution in [3.63, 3.8) is 0 Å². The fourth-order valence-corrected chi connectivity index (χ4v) is 3.80. The molecule has 1 saturated heterocycles. The normalized spacial score (nSPS) is 20.3. The van der Waals surface area contributed by atoms with Crippen LogP contribution in [0, 0.1) is 0 Å². The molecule has 0 spiro atoms. The smallest absolute Gasteiger partial charge is 0.257 e. The summed E-state index contributed by atoms with van der Waals surface area (Å²) in [4.78, 5) is 14.9. The van der Waals surface area contributed by atoms with Crippen molar-refractivity contribution in [1.29, 1.82) is 0 Å². The molecule has 1 fully saturated rings. The van der Waals surface area contributed by atoms with Crippen LogP contribution in [0.2, 0.25) is 0 Å². The second-order valence-electron chi connectivity index (χ2n) is 6.68. The first kappa shape index (κ1) is 15.4. The van der Waals surface area contributed by atoms with Crippen molar-refractivity contribution in [1.82, 2.24) is 4.90 Å². The minimum Gasteiger partial charge on any atom is -0.486 e. The Kier molecular flexibility index (Phi) is 3.62. The van der Waals surface area contributed by atoms with E-state index in [9.17, 15) is 4.79 Å². The third-order valence-electron chi connectivity index (χ3n) is 5.14. The number of rotatable bonds is 2. The van der Waals surface area contributed by atoms with Crippen LogP contribution in [0.15, 0.2) is 36.4 Å². The molecule has 0 saturated carbocycles. The molecule has 2 aromatic carbocycles. The second kappa shape index (κ2) is 6.12. The molecule has 26 heavy (non-hydrogen) atoms. The van der Waals surface area contributed by atoms with E-state index in [1.54, 1.807) is 0 Å². The topological polar surface area (TPSA) is 57.2 Å². The van der Waals surface area contributed by atoms with E-state index in [-0.39, 0.29) is 12.7 Å². The zero-order chi connectivity index (χ0) is 17.5. The highest BCUT2D eigenvalue weighted by Gasteiger charge is 2.31. The molecule has 0 N–H and O–H groups in total. The molecule has 3 aliphatic rings. The molecule has 0 aromatic heterocycles. The number of hydrogen-bond acceptors (Lipinski definition) is 5. The van der Waals surface area contributed by atoms with Crippen LogP contribution in [0.25, 0.3) is 0 Å². The molecule has 5 rings (SSSR count). The molecule has 3 aliphatic heterocycles. The van der Waals surface area contributed by atoms with Crippen LogP contribution in [-0.2, 0) is 0 Å². The molecule has 134 valence electrons. The molecule has 0 bridgehead atoms. The molecule has 3 heterocycles. The van der Waals surface area contributed by atoms with Crippen LogP contribution in [-0.4, -0.2) is 43.9 Å². The number of amides is 1. The van der Waals surface area contributed by atoms with Crippen molar-refractivity contribution in [3.05, 3.63) is 47.5 Å². The number of ether oxygens (including phenoxy) is 4. The Morgan fingerprint density at radius 2 is 1.85 bits per heavy atom. The van der Waals surface area contributed by atoms with Gasteiger partial charge in [0.2, 0.25) is 6.79 Å². The molecular formula is C20H19NO5. The van der Waals surface area contributed by atoms with Crippen molar-refractivity contribution < 1.29 is 23.7 Å². The highest BCUT2D eigenvalue weighted by molar-refractivity contribution is 5.98. The monoisotopic (exact) mass is 353 g/mol. The van der Waals surface area contributed by atoms with Crippen LogP contribution < -0.4 is 18.9 Å². The van der Waals surface area contributed by atoms with Crippen molar-refractivity contribution in [2.24, 2.45) is 0 Å². The number of carbonyl (C=O) groups excluding carboxylic acids is 1. The zero-order valence-electron chi connectivity index (χ0n) is 14.3. The lowest BCUT2D eigenvalue weighted by molar-refractivity contribution is 0.0780. The van der Waals surface area contributed by atoms with Gasteiger partial charge < -0.3 is 23.8 Å². The van der Waals surface area contributed by atoms with Gasteiger partial charge >= 0.3 is 0 Å². The van der Waals surface area contributed by atoms with Gasteiger partial charge in [-0.1, -0.05) is 12.1 Å². The number of fused-ring (bicyclic) bond motifs is 2. The summed E-state index contributed by atoms with van der Waals surface area (Å²) in [5.41, 5.74) is 1.76. The first-order valence-corrected chi connectivity index (χ1v) is 8.87. The van der Waals surface area contributed by atoms with Crippen LogP contribution in [0.1, 0.15) is 28.3 Å². The van der Waals surface area contributed by atoms with Gasteiger partial charge in [-0.3, -0.25) is 4.79 Å². The number of carbonyl (C=O) groups is 1. The summed E-state index contributed by atoms with van der Waals surface area (Å²) in [5, 5.41) is 0. The van der Waals surface area contributed by atoms with Gasteiger partial charge in [0.1, 0.15) is 13.2 Å². The third kappa shape index (κ3) is 2.53. The Balaban J connectivity index is 1.35. The molecule has 6 heteroatoms. The summed E-state index contributed by atoms with van der Waals surface area (Å²) in [6, 6.07) is 11.5. The van der Waals surface area contributed by atoms with Crippen molar-refractivity contribution in [3.8, 4) is 23.0 Å². The summed E-state index contributed by atoms with van der Waals surface area (Å²) < 4.78 is 22.1. The Bertz CT molecular complexity index is 865. The predicted molar refractivity (Wildman–Crippen MR) is 93.3 cm³/mol. The lowest BCUT2D eigenvalue weighted by atomic mass is 9.98. The van der Waals surface area contributed by atoms with E-state index >= 15 is 0 Å². The Hall–Kier alpha value is -2.89. The van der Waals surface area contributed by atoms with Gasteiger partial charge in [0.15, 0.2) is 23.0 Å². The van der Waals surface area contributed by atoms with Gasteiger partial charge in [-0.05, 0) is 36.2 Å². The van der Waals surface area contributed by atoms with Gasteiger partial charge in [0, 0.05) is 19.0 Å². The number of hydrogen-bond donors (Lipinski definition) is 0. The zero-order valence-corrected chi connectivity index (χ0v) is 14.3. The van der Waals surface area contributed by atoms with Crippen molar-refractivity contribution in [2.75, 3.05) is 33.1 Å². The summed E-state index contributed by atoms with van der Waals surface area (Å²) >= 11 is 0. The lowest BCUT2D eigenvalue weighted by Crippen LogP contribution is -2.29. The van der Waals surface area contributed by atoms with E-state index in [2.05, 4.69) is 6.07 Å². The number of para-hydroxylation sites is 1. The van der Waals surface area contributed by atoms with Crippen LogP contribution >= 0.6 is 0 Å². The highest BCUT2D eigenvalue weighted by Crippen LogP contribution is 2.39. The molecule has 1 amide bonds. The summed E-state index contributed by atoms with van der Waals surface area (Å²) in [7, 11) is 0. The highest BCUT2D eigenvalue weighted by atomic mass is 16.7. The Morgan fingerprint density at radius 1 is 0.962 bits per heavy atom. The van der Waals surface area contributed by atoms with E-state index in [1.807, 2.05) is 35.2 Å². The first-order valence-electron chi connectivity index (χ1n) is 8.87. The van der Waals surface area contributed by atoms with E-state index in [0.29, 0.717) is 42.7 Å². The largest absolute Gasteiger partial charge is 0.486 e. The molecule has 0 aliphatic carbocycles. The lowest BCUT2D eigenvalue weighted by Gasteiger charge is -2.23. The fourth-order valence-electron chi connectivity index (χ4n) is 3.80. The van der Waals surface area contributed by atoms with Gasteiger partial charge in [-0.15, -0.1) is 0 Å². The number of nitrogens with zero attached hydrogens (tertiary/aromatic N) is 1. The minimum absolute atomic E-state index is 0.00408. The first-order chi connectivity index (χ1) is 12.8. The van der Waals surface area contributed by atoms with Gasteiger partial charge in [-0.25, -0.2) is 0 Å². The van der Waals surface area contributed by atoms with Gasteiger partial charge in [0.25, 0.3) is 5.91 Å².